The highest BCUT2D eigenvalue weighted by atomic mass is 16.5. The number of carbonyl (C=O) groups is 1. The van der Waals surface area contributed by atoms with Crippen LogP contribution in [0.5, 0.6) is 0 Å². The molecule has 0 bridgehead atoms. The predicted molar refractivity (Wildman–Crippen MR) is 74.5 cm³/mol. The number of hydrogen-bond donors (Lipinski definition) is 1. The molecular formula is C14H21N3O2. The third kappa shape index (κ3) is 3.23. The zero-order valence-corrected chi connectivity index (χ0v) is 11.6. The molecule has 0 amide bonds. The van der Waals surface area contributed by atoms with E-state index < -0.39 is 0 Å². The Balaban J connectivity index is 2.19. The summed E-state index contributed by atoms with van der Waals surface area (Å²) in [6.07, 6.45) is 4.00. The molecule has 1 aliphatic heterocycles. The van der Waals surface area contributed by atoms with Gasteiger partial charge in [-0.2, -0.15) is 0 Å². The second-order valence-corrected chi connectivity index (χ2v) is 4.68. The van der Waals surface area contributed by atoms with Gasteiger partial charge in [0.15, 0.2) is 0 Å². The molecule has 1 atom stereocenters. The molecule has 1 unspecified atom stereocenters. The van der Waals surface area contributed by atoms with E-state index in [2.05, 4.69) is 22.1 Å². The van der Waals surface area contributed by atoms with Crippen LogP contribution in [0.3, 0.4) is 0 Å². The summed E-state index contributed by atoms with van der Waals surface area (Å²) in [7, 11) is 1.39. The first-order chi connectivity index (χ1) is 9.26. The highest BCUT2D eigenvalue weighted by Gasteiger charge is 2.21. The van der Waals surface area contributed by atoms with Crippen molar-refractivity contribution >= 4 is 11.8 Å². The number of likely N-dealkylation sites (N-methyl/N-ethyl adjacent to an activating group) is 1. The van der Waals surface area contributed by atoms with Crippen molar-refractivity contribution < 1.29 is 9.53 Å². The molecule has 1 N–H and O–H groups in total. The summed E-state index contributed by atoms with van der Waals surface area (Å²) in [5.74, 6) is 0.528. The Kier molecular flexibility index (Phi) is 4.74. The smallest absolute Gasteiger partial charge is 0.338 e. The summed E-state index contributed by atoms with van der Waals surface area (Å²) < 4.78 is 4.75. The summed E-state index contributed by atoms with van der Waals surface area (Å²) in [4.78, 5) is 18.2. The fraction of sp³-hybridized carbons (Fsp3) is 0.571. The molecule has 2 rings (SSSR count). The zero-order chi connectivity index (χ0) is 13.7. The quantitative estimate of drug-likeness (QED) is 0.833. The Morgan fingerprint density at radius 2 is 2.47 bits per heavy atom. The fourth-order valence-corrected chi connectivity index (χ4v) is 2.53. The van der Waals surface area contributed by atoms with Gasteiger partial charge in [0.2, 0.25) is 0 Å². The summed E-state index contributed by atoms with van der Waals surface area (Å²) in [6.45, 7) is 5.05. The number of esters is 1. The van der Waals surface area contributed by atoms with Gasteiger partial charge in [-0.25, -0.2) is 9.78 Å². The van der Waals surface area contributed by atoms with Gasteiger partial charge >= 0.3 is 5.97 Å². The largest absolute Gasteiger partial charge is 0.465 e. The second-order valence-electron chi connectivity index (χ2n) is 4.68. The monoisotopic (exact) mass is 263 g/mol. The molecule has 0 aliphatic carbocycles. The van der Waals surface area contributed by atoms with Crippen molar-refractivity contribution in [1.82, 2.24) is 10.3 Å². The summed E-state index contributed by atoms with van der Waals surface area (Å²) in [5.41, 5.74) is 0.551. The maximum atomic E-state index is 11.6. The number of nitrogens with zero attached hydrogens (tertiary/aromatic N) is 2. The molecule has 104 valence electrons. The van der Waals surface area contributed by atoms with Crippen molar-refractivity contribution in [1.29, 1.82) is 0 Å². The van der Waals surface area contributed by atoms with Crippen LogP contribution < -0.4 is 10.2 Å². The lowest BCUT2D eigenvalue weighted by molar-refractivity contribution is 0.0600. The molecule has 19 heavy (non-hydrogen) atoms. The van der Waals surface area contributed by atoms with Crippen molar-refractivity contribution in [3.05, 3.63) is 23.9 Å². The lowest BCUT2D eigenvalue weighted by atomic mass is 10.1. The first-order valence-electron chi connectivity index (χ1n) is 6.78. The van der Waals surface area contributed by atoms with Crippen LogP contribution in [0.25, 0.3) is 0 Å². The van der Waals surface area contributed by atoms with Gasteiger partial charge in [-0.1, -0.05) is 0 Å². The summed E-state index contributed by atoms with van der Waals surface area (Å²) in [6, 6.07) is 3.94. The number of ether oxygens (including phenoxy) is 1. The predicted octanol–water partition coefficient (Wildman–Crippen LogP) is 1.45. The van der Waals surface area contributed by atoms with E-state index in [4.69, 9.17) is 4.74 Å². The SMILES string of the molecule is CCN(c1cc(C(=O)OC)ccn1)C1CCCNC1. The molecule has 1 aromatic rings. The molecule has 1 saturated heterocycles. The van der Waals surface area contributed by atoms with Gasteiger partial charge in [-0.3, -0.25) is 0 Å². The van der Waals surface area contributed by atoms with E-state index >= 15 is 0 Å². The van der Waals surface area contributed by atoms with Crippen LogP contribution in [0.4, 0.5) is 5.82 Å². The molecule has 1 aromatic heterocycles. The van der Waals surface area contributed by atoms with E-state index in [1.54, 1.807) is 12.3 Å². The van der Waals surface area contributed by atoms with Gasteiger partial charge in [-0.05, 0) is 38.4 Å². The Morgan fingerprint density at radius 1 is 1.63 bits per heavy atom. The summed E-state index contributed by atoms with van der Waals surface area (Å²) in [5, 5.41) is 3.41. The van der Waals surface area contributed by atoms with E-state index in [0.29, 0.717) is 11.6 Å². The van der Waals surface area contributed by atoms with Gasteiger partial charge in [-0.15, -0.1) is 0 Å². The Morgan fingerprint density at radius 3 is 3.11 bits per heavy atom. The van der Waals surface area contributed by atoms with Gasteiger partial charge in [0.1, 0.15) is 5.82 Å². The number of carbonyl (C=O) groups excluding carboxylic acids is 1. The lowest BCUT2D eigenvalue weighted by Gasteiger charge is -2.34. The van der Waals surface area contributed by atoms with E-state index in [0.717, 1.165) is 31.9 Å². The molecule has 0 aromatic carbocycles. The summed E-state index contributed by atoms with van der Waals surface area (Å²) >= 11 is 0. The third-order valence-corrected chi connectivity index (χ3v) is 3.51. The van der Waals surface area contributed by atoms with Crippen LogP contribution in [0.2, 0.25) is 0 Å². The highest BCUT2D eigenvalue weighted by molar-refractivity contribution is 5.90. The minimum absolute atomic E-state index is 0.318. The number of aromatic nitrogens is 1. The Hall–Kier alpha value is -1.62. The fourth-order valence-electron chi connectivity index (χ4n) is 2.53. The molecule has 1 aliphatic rings. The van der Waals surface area contributed by atoms with E-state index in [-0.39, 0.29) is 5.97 Å². The Bertz CT molecular complexity index is 430. The molecule has 5 nitrogen and oxygen atoms in total. The average molecular weight is 263 g/mol. The van der Waals surface area contributed by atoms with Crippen LogP contribution in [-0.2, 0) is 4.74 Å². The van der Waals surface area contributed by atoms with Crippen molar-refractivity contribution in [2.75, 3.05) is 31.6 Å². The zero-order valence-electron chi connectivity index (χ0n) is 11.6. The minimum atomic E-state index is -0.318. The Labute approximate surface area is 114 Å². The number of rotatable bonds is 4. The maximum absolute atomic E-state index is 11.6. The first-order valence-corrected chi connectivity index (χ1v) is 6.78. The van der Waals surface area contributed by atoms with Crippen molar-refractivity contribution in [3.63, 3.8) is 0 Å². The van der Waals surface area contributed by atoms with E-state index in [9.17, 15) is 4.79 Å². The number of piperidine rings is 1. The van der Waals surface area contributed by atoms with Crippen molar-refractivity contribution in [3.8, 4) is 0 Å². The molecule has 0 spiro atoms. The molecule has 0 saturated carbocycles. The van der Waals surface area contributed by atoms with Crippen LogP contribution in [0.1, 0.15) is 30.1 Å². The number of anilines is 1. The van der Waals surface area contributed by atoms with E-state index in [1.165, 1.54) is 13.5 Å². The van der Waals surface area contributed by atoms with Crippen LogP contribution in [-0.4, -0.2) is 43.7 Å². The van der Waals surface area contributed by atoms with E-state index in [1.807, 2.05) is 6.07 Å². The minimum Gasteiger partial charge on any atom is -0.465 e. The van der Waals surface area contributed by atoms with Crippen molar-refractivity contribution in [2.24, 2.45) is 0 Å². The van der Waals surface area contributed by atoms with Gasteiger partial charge in [0, 0.05) is 25.3 Å². The van der Waals surface area contributed by atoms with Crippen LogP contribution >= 0.6 is 0 Å². The molecule has 0 radical (unpaired) electrons. The first kappa shape index (κ1) is 13.8. The highest BCUT2D eigenvalue weighted by Crippen LogP contribution is 2.19. The lowest BCUT2D eigenvalue weighted by Crippen LogP contribution is -2.46. The van der Waals surface area contributed by atoms with Crippen LogP contribution in [0.15, 0.2) is 18.3 Å². The topological polar surface area (TPSA) is 54.5 Å². The van der Waals surface area contributed by atoms with Gasteiger partial charge < -0.3 is 15.0 Å². The maximum Gasteiger partial charge on any atom is 0.338 e. The molecule has 5 heteroatoms. The van der Waals surface area contributed by atoms with Gasteiger partial charge in [0.05, 0.1) is 12.7 Å². The number of hydrogen-bond acceptors (Lipinski definition) is 5. The van der Waals surface area contributed by atoms with Crippen molar-refractivity contribution in [2.45, 2.75) is 25.8 Å². The van der Waals surface area contributed by atoms with Gasteiger partial charge in [0.25, 0.3) is 0 Å². The number of methoxy groups -OCH3 is 1. The second kappa shape index (κ2) is 6.52. The molecule has 1 fully saturated rings. The standard InChI is InChI=1S/C14H21N3O2/c1-3-17(12-5-4-7-15-10-12)13-9-11(6-8-16-13)14(18)19-2/h6,8-9,12,15H,3-5,7,10H2,1-2H3. The number of pyridine rings is 1. The van der Waals surface area contributed by atoms with Crippen LogP contribution in [0, 0.1) is 0 Å². The molecule has 2 heterocycles. The molecular weight excluding hydrogens is 242 g/mol. The third-order valence-electron chi connectivity index (χ3n) is 3.51. The average Bonchev–Trinajstić information content (AvgIpc) is 2.48. The normalized spacial score (nSPS) is 18.9. The number of nitrogens with one attached hydrogen (secondary N) is 1.